The standard InChI is InChI=1S/C9H9ClFN5S.2ClH/c10-9-14-7(6(11)8(15-9)16-12)13-3-5-1-2-17-4-5;;/h1-2,4H,3,12H2,(H2,13,14,15,16);2*1H. The van der Waals surface area contributed by atoms with Gasteiger partial charge < -0.3 is 16.1 Å². The number of anilines is 1. The van der Waals surface area contributed by atoms with Gasteiger partial charge in [-0.15, -0.1) is 24.8 Å². The molecule has 0 aliphatic rings. The van der Waals surface area contributed by atoms with Gasteiger partial charge in [0.2, 0.25) is 16.6 Å². The van der Waals surface area contributed by atoms with Crippen molar-refractivity contribution in [1.29, 1.82) is 0 Å². The van der Waals surface area contributed by atoms with Gasteiger partial charge in [0, 0.05) is 6.54 Å². The van der Waals surface area contributed by atoms with Crippen molar-refractivity contribution in [2.75, 3.05) is 5.32 Å². The molecule has 0 spiro atoms. The average molecular weight is 347 g/mol. The second kappa shape index (κ2) is 8.21. The molecule has 0 fully saturated rings. The van der Waals surface area contributed by atoms with Crippen LogP contribution in [0.2, 0.25) is 5.28 Å². The zero-order valence-corrected chi connectivity index (χ0v) is 12.6. The zero-order valence-electron chi connectivity index (χ0n) is 9.39. The lowest BCUT2D eigenvalue weighted by Gasteiger charge is -2.06. The fourth-order valence-electron chi connectivity index (χ4n) is 1.23. The third kappa shape index (κ3) is 4.54. The molecule has 2 heterocycles. The van der Waals surface area contributed by atoms with Crippen molar-refractivity contribution < 1.29 is 4.39 Å². The van der Waals surface area contributed by atoms with Gasteiger partial charge in [-0.25, -0.2) is 0 Å². The minimum absolute atomic E-state index is 0. The summed E-state index contributed by atoms with van der Waals surface area (Å²) in [5, 5.41) is 9.99. The fraction of sp³-hybridized carbons (Fsp3) is 0.111. The Labute approximate surface area is 129 Å². The van der Waals surface area contributed by atoms with E-state index < -0.39 is 5.82 Å². The van der Waals surface area contributed by atoms with Gasteiger partial charge in [0.15, 0.2) is 0 Å². The highest BCUT2D eigenvalue weighted by atomic mass is 35.5. The molecule has 106 valence electrons. The van der Waals surface area contributed by atoms with Gasteiger partial charge in [-0.05, 0) is 34.0 Å². The number of thiophene rings is 1. The van der Waals surface area contributed by atoms with E-state index in [1.54, 1.807) is 11.3 Å². The van der Waals surface area contributed by atoms with Crippen LogP contribution in [0.4, 0.5) is 10.2 Å². The lowest BCUT2D eigenvalue weighted by molar-refractivity contribution is 0.594. The molecular weight excluding hydrogens is 336 g/mol. The van der Waals surface area contributed by atoms with Gasteiger partial charge in [0.05, 0.1) is 0 Å². The molecule has 0 bridgehead atoms. The molecular formula is C9H11Cl3FN5S. The first-order valence-corrected chi connectivity index (χ1v) is 5.97. The van der Waals surface area contributed by atoms with Crippen molar-refractivity contribution in [3.63, 3.8) is 0 Å². The number of H-pyrrole nitrogens is 1. The molecule has 2 aromatic rings. The minimum atomic E-state index is -0.660. The highest BCUT2D eigenvalue weighted by Gasteiger charge is 2.08. The topological polar surface area (TPSA) is 79.1 Å². The van der Waals surface area contributed by atoms with Crippen LogP contribution in [0.5, 0.6) is 0 Å². The zero-order chi connectivity index (χ0) is 12.3. The van der Waals surface area contributed by atoms with Gasteiger partial charge >= 0.3 is 0 Å². The predicted molar refractivity (Wildman–Crippen MR) is 79.4 cm³/mol. The van der Waals surface area contributed by atoms with E-state index in [1.165, 1.54) is 0 Å². The first kappa shape index (κ1) is 18.0. The first-order valence-electron chi connectivity index (χ1n) is 4.65. The Morgan fingerprint density at radius 2 is 2.26 bits per heavy atom. The molecule has 0 aliphatic heterocycles. The number of aromatic nitrogens is 2. The lowest BCUT2D eigenvalue weighted by atomic mass is 10.3. The van der Waals surface area contributed by atoms with E-state index in [1.807, 2.05) is 16.8 Å². The number of rotatable bonds is 3. The quantitative estimate of drug-likeness (QED) is 0.454. The molecule has 0 saturated carbocycles. The number of aromatic amines is 1. The van der Waals surface area contributed by atoms with Crippen LogP contribution in [0, 0.1) is 5.82 Å². The van der Waals surface area contributed by atoms with E-state index in [2.05, 4.69) is 20.4 Å². The summed E-state index contributed by atoms with van der Waals surface area (Å²) in [5.41, 5.74) is 0.809. The molecule has 2 aromatic heterocycles. The first-order chi connectivity index (χ1) is 8.20. The van der Waals surface area contributed by atoms with E-state index >= 15 is 0 Å². The summed E-state index contributed by atoms with van der Waals surface area (Å²) in [6.07, 6.45) is 0. The number of halogens is 4. The van der Waals surface area contributed by atoms with Gasteiger partial charge in [0.1, 0.15) is 5.82 Å². The molecule has 0 unspecified atom stereocenters. The van der Waals surface area contributed by atoms with E-state index in [0.29, 0.717) is 6.54 Å². The van der Waals surface area contributed by atoms with Gasteiger partial charge in [-0.3, -0.25) is 0 Å². The Hall–Kier alpha value is -1.02. The Balaban J connectivity index is 0.00000162. The average Bonchev–Trinajstić information content (AvgIpc) is 2.82. The van der Waals surface area contributed by atoms with Gasteiger partial charge in [-0.2, -0.15) is 25.8 Å². The Kier molecular flexibility index (Phi) is 7.77. The number of nitrogens with two attached hydrogens (primary N) is 1. The summed E-state index contributed by atoms with van der Waals surface area (Å²) in [6.45, 7) is 0.473. The SMILES string of the molecule is Cl.Cl.N/N=c1\nc(Cl)[nH]c(NCc2ccsc2)c1F. The molecule has 2 rings (SSSR count). The van der Waals surface area contributed by atoms with Crippen molar-refractivity contribution in [3.05, 3.63) is 39.0 Å². The highest BCUT2D eigenvalue weighted by molar-refractivity contribution is 7.07. The van der Waals surface area contributed by atoms with Crippen LogP contribution in [0.1, 0.15) is 5.56 Å². The summed E-state index contributed by atoms with van der Waals surface area (Å²) >= 11 is 7.24. The van der Waals surface area contributed by atoms with E-state index in [9.17, 15) is 4.39 Å². The van der Waals surface area contributed by atoms with E-state index in [4.69, 9.17) is 17.4 Å². The van der Waals surface area contributed by atoms with Gasteiger partial charge in [0.25, 0.3) is 0 Å². The second-order valence-corrected chi connectivity index (χ2v) is 4.29. The highest BCUT2D eigenvalue weighted by Crippen LogP contribution is 2.12. The summed E-state index contributed by atoms with van der Waals surface area (Å²) < 4.78 is 13.7. The fourth-order valence-corrected chi connectivity index (χ4v) is 2.07. The van der Waals surface area contributed by atoms with Crippen LogP contribution in [0.25, 0.3) is 0 Å². The molecule has 4 N–H and O–H groups in total. The molecule has 0 radical (unpaired) electrons. The maximum atomic E-state index is 13.7. The molecule has 0 saturated heterocycles. The summed E-state index contributed by atoms with van der Waals surface area (Å²) in [5.74, 6) is 4.45. The largest absolute Gasteiger partial charge is 0.365 e. The van der Waals surface area contributed by atoms with Crippen LogP contribution in [-0.2, 0) is 6.54 Å². The number of nitrogens with zero attached hydrogens (tertiary/aromatic N) is 2. The van der Waals surface area contributed by atoms with E-state index in [-0.39, 0.29) is 41.4 Å². The Bertz CT molecular complexity index is 572. The smallest absolute Gasteiger partial charge is 0.214 e. The monoisotopic (exact) mass is 345 g/mol. The molecule has 10 heteroatoms. The predicted octanol–water partition coefficient (Wildman–Crippen LogP) is 2.49. The van der Waals surface area contributed by atoms with Crippen LogP contribution < -0.4 is 16.6 Å². The molecule has 0 aliphatic carbocycles. The van der Waals surface area contributed by atoms with Crippen LogP contribution in [0.15, 0.2) is 21.9 Å². The third-order valence-corrected chi connectivity index (χ3v) is 2.93. The number of hydrogen-bond donors (Lipinski definition) is 3. The van der Waals surface area contributed by atoms with Crippen LogP contribution in [-0.4, -0.2) is 9.97 Å². The minimum Gasteiger partial charge on any atom is -0.365 e. The van der Waals surface area contributed by atoms with Crippen molar-refractivity contribution in [1.82, 2.24) is 9.97 Å². The van der Waals surface area contributed by atoms with Crippen molar-refractivity contribution >= 4 is 53.6 Å². The number of nitrogens with one attached hydrogen (secondary N) is 2. The molecule has 5 nitrogen and oxygen atoms in total. The maximum absolute atomic E-state index is 13.7. The van der Waals surface area contributed by atoms with Crippen molar-refractivity contribution in [2.45, 2.75) is 6.54 Å². The van der Waals surface area contributed by atoms with Crippen molar-refractivity contribution in [2.24, 2.45) is 10.9 Å². The Morgan fingerprint density at radius 1 is 1.53 bits per heavy atom. The van der Waals surface area contributed by atoms with Crippen molar-refractivity contribution in [3.8, 4) is 0 Å². The van der Waals surface area contributed by atoms with Crippen LogP contribution >= 0.6 is 47.8 Å². The van der Waals surface area contributed by atoms with E-state index in [0.717, 1.165) is 5.56 Å². The summed E-state index contributed by atoms with van der Waals surface area (Å²) in [4.78, 5) is 6.17. The molecule has 0 amide bonds. The van der Waals surface area contributed by atoms with Crippen LogP contribution in [0.3, 0.4) is 0 Å². The maximum Gasteiger partial charge on any atom is 0.214 e. The normalized spacial score (nSPS) is 10.5. The Morgan fingerprint density at radius 3 is 2.84 bits per heavy atom. The summed E-state index contributed by atoms with van der Waals surface area (Å²) in [6, 6.07) is 1.94. The molecule has 0 aromatic carbocycles. The third-order valence-electron chi connectivity index (χ3n) is 2.02. The summed E-state index contributed by atoms with van der Waals surface area (Å²) in [7, 11) is 0. The molecule has 19 heavy (non-hydrogen) atoms. The molecule has 0 atom stereocenters. The van der Waals surface area contributed by atoms with Gasteiger partial charge in [-0.1, -0.05) is 0 Å². The lowest BCUT2D eigenvalue weighted by Crippen LogP contribution is -2.20. The second-order valence-electron chi connectivity index (χ2n) is 3.15. The number of hydrogen-bond acceptors (Lipinski definition) is 5.